The topological polar surface area (TPSA) is 66.5 Å². The second-order valence-electron chi connectivity index (χ2n) is 5.86. The van der Waals surface area contributed by atoms with Crippen LogP contribution in [0.3, 0.4) is 0 Å². The molecule has 0 bridgehead atoms. The van der Waals surface area contributed by atoms with E-state index in [1.807, 2.05) is 6.07 Å². The molecule has 1 N–H and O–H groups in total. The number of amides is 1. The largest absolute Gasteiger partial charge is 0.348 e. The molecule has 26 heavy (non-hydrogen) atoms. The highest BCUT2D eigenvalue weighted by Crippen LogP contribution is 2.13. The van der Waals surface area contributed by atoms with E-state index >= 15 is 0 Å². The molecule has 0 aliphatic rings. The van der Waals surface area contributed by atoms with Crippen molar-refractivity contribution in [1.29, 1.82) is 0 Å². The molecule has 0 aliphatic carbocycles. The lowest BCUT2D eigenvalue weighted by Gasteiger charge is -2.18. The fourth-order valence-electron chi connectivity index (χ4n) is 2.25. The molecule has 138 valence electrons. The van der Waals surface area contributed by atoms with Crippen molar-refractivity contribution in [2.24, 2.45) is 0 Å². The molecular weight excluding hydrogens is 355 g/mol. The van der Waals surface area contributed by atoms with Crippen molar-refractivity contribution in [3.05, 3.63) is 76.9 Å². The predicted molar refractivity (Wildman–Crippen MR) is 100.0 cm³/mol. The van der Waals surface area contributed by atoms with E-state index < -0.39 is 15.9 Å². The van der Waals surface area contributed by atoms with Gasteiger partial charge in [-0.2, -0.15) is 4.31 Å². The van der Waals surface area contributed by atoms with Crippen molar-refractivity contribution in [3.8, 4) is 0 Å². The predicted octanol–water partition coefficient (Wildman–Crippen LogP) is 2.94. The zero-order valence-electron chi connectivity index (χ0n) is 14.6. The SMILES string of the molecule is C[C@@H](NC(=O)CN(C)S(=O)(=O)/C=C/c1ccccc1)c1ccc(F)cc1. The summed E-state index contributed by atoms with van der Waals surface area (Å²) in [5.41, 5.74) is 1.48. The van der Waals surface area contributed by atoms with Gasteiger partial charge in [0.2, 0.25) is 15.9 Å². The third kappa shape index (κ3) is 5.79. The van der Waals surface area contributed by atoms with Crippen LogP contribution in [0.2, 0.25) is 0 Å². The van der Waals surface area contributed by atoms with Crippen molar-refractivity contribution in [3.63, 3.8) is 0 Å². The van der Waals surface area contributed by atoms with Crippen LogP contribution in [-0.2, 0) is 14.8 Å². The van der Waals surface area contributed by atoms with Gasteiger partial charge >= 0.3 is 0 Å². The number of rotatable bonds is 7. The van der Waals surface area contributed by atoms with Crippen molar-refractivity contribution in [1.82, 2.24) is 9.62 Å². The van der Waals surface area contributed by atoms with E-state index in [0.717, 1.165) is 20.8 Å². The molecule has 7 heteroatoms. The maximum Gasteiger partial charge on any atom is 0.236 e. The normalized spacial score (nSPS) is 13.1. The molecule has 0 heterocycles. The van der Waals surface area contributed by atoms with Gasteiger partial charge < -0.3 is 5.32 Å². The van der Waals surface area contributed by atoms with E-state index in [2.05, 4.69) is 5.32 Å². The number of nitrogens with one attached hydrogen (secondary N) is 1. The van der Waals surface area contributed by atoms with Gasteiger partial charge in [0.05, 0.1) is 12.6 Å². The van der Waals surface area contributed by atoms with Crippen molar-refractivity contribution < 1.29 is 17.6 Å². The number of carbonyl (C=O) groups excluding carboxylic acids is 1. The van der Waals surface area contributed by atoms with Gasteiger partial charge in [-0.25, -0.2) is 12.8 Å². The lowest BCUT2D eigenvalue weighted by atomic mass is 10.1. The molecule has 1 atom stereocenters. The zero-order chi connectivity index (χ0) is 19.2. The Labute approximate surface area is 153 Å². The molecule has 0 radical (unpaired) electrons. The molecule has 0 saturated carbocycles. The summed E-state index contributed by atoms with van der Waals surface area (Å²) in [5.74, 6) is -0.802. The summed E-state index contributed by atoms with van der Waals surface area (Å²) in [7, 11) is -2.38. The summed E-state index contributed by atoms with van der Waals surface area (Å²) >= 11 is 0. The van der Waals surface area contributed by atoms with Crippen LogP contribution in [0.15, 0.2) is 60.0 Å². The van der Waals surface area contributed by atoms with Crippen LogP contribution in [0.25, 0.3) is 6.08 Å². The maximum atomic E-state index is 12.9. The molecule has 0 spiro atoms. The van der Waals surface area contributed by atoms with Gasteiger partial charge in [0.1, 0.15) is 5.82 Å². The molecule has 0 aliphatic heterocycles. The third-order valence-corrected chi connectivity index (χ3v) is 5.26. The molecule has 0 saturated heterocycles. The molecule has 2 rings (SSSR count). The van der Waals surface area contributed by atoms with Crippen LogP contribution in [0.1, 0.15) is 24.1 Å². The van der Waals surface area contributed by atoms with Gasteiger partial charge in [-0.3, -0.25) is 4.79 Å². The van der Waals surface area contributed by atoms with Gasteiger partial charge in [-0.15, -0.1) is 0 Å². The summed E-state index contributed by atoms with van der Waals surface area (Å²) in [6.07, 6.45) is 1.48. The van der Waals surface area contributed by atoms with E-state index in [4.69, 9.17) is 0 Å². The minimum atomic E-state index is -3.72. The van der Waals surface area contributed by atoms with E-state index in [1.165, 1.54) is 25.3 Å². The van der Waals surface area contributed by atoms with Crippen LogP contribution in [-0.4, -0.2) is 32.2 Å². The lowest BCUT2D eigenvalue weighted by molar-refractivity contribution is -0.121. The van der Waals surface area contributed by atoms with Gasteiger partial charge in [0.25, 0.3) is 0 Å². The first kappa shape index (κ1) is 19.8. The Morgan fingerprint density at radius 1 is 1.15 bits per heavy atom. The average molecular weight is 376 g/mol. The standard InChI is InChI=1S/C19H21FN2O3S/c1-15(17-8-10-18(20)11-9-17)21-19(23)14-22(2)26(24,25)13-12-16-6-4-3-5-7-16/h3-13,15H,14H2,1-2H3,(H,21,23)/b13-12+/t15-/m1/s1. The van der Waals surface area contributed by atoms with Crippen LogP contribution in [0, 0.1) is 5.82 Å². The molecule has 0 unspecified atom stereocenters. The zero-order valence-corrected chi connectivity index (χ0v) is 15.4. The number of nitrogens with zero attached hydrogens (tertiary/aromatic N) is 1. The second-order valence-corrected chi connectivity index (χ2v) is 7.78. The van der Waals surface area contributed by atoms with Gasteiger partial charge in [0, 0.05) is 12.5 Å². The van der Waals surface area contributed by atoms with Gasteiger partial charge in [0.15, 0.2) is 0 Å². The Kier molecular flexibility index (Phi) is 6.65. The molecular formula is C19H21FN2O3S. The van der Waals surface area contributed by atoms with E-state index in [9.17, 15) is 17.6 Å². The van der Waals surface area contributed by atoms with Crippen LogP contribution in [0.5, 0.6) is 0 Å². The summed E-state index contributed by atoms with van der Waals surface area (Å²) in [4.78, 5) is 12.1. The Morgan fingerprint density at radius 2 is 1.77 bits per heavy atom. The van der Waals surface area contributed by atoms with Crippen molar-refractivity contribution >= 4 is 22.0 Å². The smallest absolute Gasteiger partial charge is 0.236 e. The Morgan fingerprint density at radius 3 is 2.38 bits per heavy atom. The highest BCUT2D eigenvalue weighted by Gasteiger charge is 2.19. The quantitative estimate of drug-likeness (QED) is 0.808. The van der Waals surface area contributed by atoms with Crippen molar-refractivity contribution in [2.45, 2.75) is 13.0 Å². The first-order chi connectivity index (χ1) is 12.3. The van der Waals surface area contributed by atoms with Crippen molar-refractivity contribution in [2.75, 3.05) is 13.6 Å². The number of likely N-dealkylation sites (N-methyl/N-ethyl adjacent to an activating group) is 1. The van der Waals surface area contributed by atoms with Crippen LogP contribution >= 0.6 is 0 Å². The number of carbonyl (C=O) groups is 1. The molecule has 0 fully saturated rings. The van der Waals surface area contributed by atoms with Gasteiger partial charge in [-0.05, 0) is 36.3 Å². The number of hydrogen-bond acceptors (Lipinski definition) is 3. The number of benzene rings is 2. The third-order valence-electron chi connectivity index (χ3n) is 3.78. The summed E-state index contributed by atoms with van der Waals surface area (Å²) in [6, 6.07) is 14.4. The minimum absolute atomic E-state index is 0.313. The van der Waals surface area contributed by atoms with E-state index in [-0.39, 0.29) is 18.4 Å². The fraction of sp³-hybridized carbons (Fsp3) is 0.211. The van der Waals surface area contributed by atoms with Crippen LogP contribution < -0.4 is 5.32 Å². The summed E-state index contributed by atoms with van der Waals surface area (Å²) in [6.45, 7) is 1.43. The van der Waals surface area contributed by atoms with E-state index in [0.29, 0.717) is 0 Å². The molecule has 2 aromatic rings. The highest BCUT2D eigenvalue weighted by atomic mass is 32.2. The molecule has 5 nitrogen and oxygen atoms in total. The number of hydrogen-bond donors (Lipinski definition) is 1. The number of sulfonamides is 1. The molecule has 2 aromatic carbocycles. The molecule has 1 amide bonds. The van der Waals surface area contributed by atoms with Gasteiger partial charge in [-0.1, -0.05) is 42.5 Å². The Bertz CT molecular complexity index is 865. The van der Waals surface area contributed by atoms with E-state index in [1.54, 1.807) is 43.3 Å². The fourth-order valence-corrected chi connectivity index (χ4v) is 3.08. The van der Waals surface area contributed by atoms with Crippen LogP contribution in [0.4, 0.5) is 4.39 Å². The first-order valence-corrected chi connectivity index (χ1v) is 9.52. The lowest BCUT2D eigenvalue weighted by Crippen LogP contribution is -2.38. The average Bonchev–Trinajstić information content (AvgIpc) is 2.61. The summed E-state index contributed by atoms with van der Waals surface area (Å²) in [5, 5.41) is 3.77. The highest BCUT2D eigenvalue weighted by molar-refractivity contribution is 7.92. The maximum absolute atomic E-state index is 12.9. The monoisotopic (exact) mass is 376 g/mol. The number of halogens is 1. The first-order valence-electron chi connectivity index (χ1n) is 8.02. The minimum Gasteiger partial charge on any atom is -0.348 e. The second kappa shape index (κ2) is 8.73. The Balaban J connectivity index is 1.94. The summed E-state index contributed by atoms with van der Waals surface area (Å²) < 4.78 is 38.4. The Hall–Kier alpha value is -2.51. The molecule has 0 aromatic heterocycles.